The lowest BCUT2D eigenvalue weighted by atomic mass is 10.3. The van der Waals surface area contributed by atoms with E-state index in [1.54, 1.807) is 6.92 Å². The zero-order valence-corrected chi connectivity index (χ0v) is 13.1. The van der Waals surface area contributed by atoms with Crippen molar-refractivity contribution >= 4 is 32.4 Å². The van der Waals surface area contributed by atoms with E-state index < -0.39 is 29.1 Å². The molecule has 0 aromatic carbocycles. The second-order valence-corrected chi connectivity index (χ2v) is 6.51. The summed E-state index contributed by atoms with van der Waals surface area (Å²) in [6.07, 6.45) is -1.85. The topological polar surface area (TPSA) is 64.0 Å². The van der Waals surface area contributed by atoms with Crippen LogP contribution in [-0.4, -0.2) is 38.2 Å². The minimum Gasteiger partial charge on any atom is -0.379 e. The molecule has 10 heteroatoms. The Bertz CT molecular complexity index is 562. The Labute approximate surface area is 124 Å². The number of alkyl halides is 3. The molecule has 0 aliphatic rings. The molecule has 0 amide bonds. The van der Waals surface area contributed by atoms with Gasteiger partial charge in [-0.3, -0.25) is 9.00 Å². The van der Waals surface area contributed by atoms with Gasteiger partial charge in [-0.1, -0.05) is 0 Å². The highest BCUT2D eigenvalue weighted by Crippen LogP contribution is 2.20. The maximum atomic E-state index is 12.2. The van der Waals surface area contributed by atoms with Gasteiger partial charge in [0.15, 0.2) is 0 Å². The van der Waals surface area contributed by atoms with E-state index in [4.69, 9.17) is 0 Å². The van der Waals surface area contributed by atoms with E-state index in [-0.39, 0.29) is 16.2 Å². The van der Waals surface area contributed by atoms with Crippen molar-refractivity contribution in [2.24, 2.45) is 0 Å². The quantitative estimate of drug-likeness (QED) is 0.851. The molecule has 0 saturated carbocycles. The van der Waals surface area contributed by atoms with Gasteiger partial charge in [0.25, 0.3) is 5.56 Å². The molecule has 0 saturated heterocycles. The van der Waals surface area contributed by atoms with Crippen LogP contribution in [0.4, 0.5) is 18.9 Å². The van der Waals surface area contributed by atoms with Gasteiger partial charge in [0.05, 0.1) is 11.9 Å². The van der Waals surface area contributed by atoms with Crippen LogP contribution in [0.25, 0.3) is 0 Å². The molecule has 0 bridgehead atoms. The monoisotopic (exact) mass is 375 g/mol. The summed E-state index contributed by atoms with van der Waals surface area (Å²) in [5.41, 5.74) is -0.608. The molecule has 0 aliphatic carbocycles. The third-order valence-corrected chi connectivity index (χ3v) is 3.94. The van der Waals surface area contributed by atoms with Crippen molar-refractivity contribution in [1.82, 2.24) is 9.78 Å². The number of nitrogens with one attached hydrogen (secondary N) is 1. The van der Waals surface area contributed by atoms with E-state index in [1.165, 1.54) is 6.26 Å². The van der Waals surface area contributed by atoms with Gasteiger partial charge >= 0.3 is 6.18 Å². The molecular weight excluding hydrogens is 363 g/mol. The average Bonchev–Trinajstić information content (AvgIpc) is 2.26. The Morgan fingerprint density at radius 1 is 1.55 bits per heavy atom. The van der Waals surface area contributed by atoms with Gasteiger partial charge in [-0.05, 0) is 22.9 Å². The molecule has 0 aliphatic heterocycles. The van der Waals surface area contributed by atoms with Crippen LogP contribution < -0.4 is 10.9 Å². The van der Waals surface area contributed by atoms with Gasteiger partial charge in [0.1, 0.15) is 11.0 Å². The summed E-state index contributed by atoms with van der Waals surface area (Å²) in [5, 5.41) is 6.35. The first-order chi connectivity index (χ1) is 9.10. The van der Waals surface area contributed by atoms with E-state index >= 15 is 0 Å². The lowest BCUT2D eigenvalue weighted by molar-refractivity contribution is -0.143. The number of anilines is 1. The molecule has 20 heavy (non-hydrogen) atoms. The summed E-state index contributed by atoms with van der Waals surface area (Å²) < 4.78 is 48.1. The Morgan fingerprint density at radius 2 is 2.15 bits per heavy atom. The molecule has 0 radical (unpaired) electrons. The lowest BCUT2D eigenvalue weighted by Gasteiger charge is -2.16. The Kier molecular flexibility index (Phi) is 5.75. The maximum absolute atomic E-state index is 12.2. The zero-order valence-electron chi connectivity index (χ0n) is 10.7. The summed E-state index contributed by atoms with van der Waals surface area (Å²) in [6, 6.07) is -0.211. The van der Waals surface area contributed by atoms with Crippen LogP contribution in [-0.2, 0) is 17.3 Å². The van der Waals surface area contributed by atoms with Gasteiger partial charge in [0.2, 0.25) is 0 Å². The van der Waals surface area contributed by atoms with Crippen LogP contribution in [0.5, 0.6) is 0 Å². The molecule has 1 aromatic rings. The number of rotatable bonds is 5. The molecule has 0 fully saturated rings. The highest BCUT2D eigenvalue weighted by atomic mass is 79.9. The second kappa shape index (κ2) is 6.70. The van der Waals surface area contributed by atoms with E-state index in [0.717, 1.165) is 6.20 Å². The smallest absolute Gasteiger partial charge is 0.379 e. The first-order valence-electron chi connectivity index (χ1n) is 5.49. The Morgan fingerprint density at radius 3 is 2.65 bits per heavy atom. The molecular formula is C10H13BrF3N3O2S. The highest BCUT2D eigenvalue weighted by Gasteiger charge is 2.29. The van der Waals surface area contributed by atoms with Crippen LogP contribution in [0.3, 0.4) is 0 Å². The van der Waals surface area contributed by atoms with Gasteiger partial charge in [-0.15, -0.1) is 0 Å². The standard InChI is InChI=1S/C10H13BrF3N3O2S/c1-6(4-20(2)19)16-7-3-15-17(5-10(12,13)14)9(18)8(7)11/h3,6,16H,4-5H2,1-2H3. The minimum atomic E-state index is -4.52. The number of nitrogens with zero attached hydrogens (tertiary/aromatic N) is 2. The predicted octanol–water partition coefficient (Wildman–Crippen LogP) is 1.75. The molecule has 1 N–H and O–H groups in total. The van der Waals surface area contributed by atoms with Crippen molar-refractivity contribution in [3.8, 4) is 0 Å². The third kappa shape index (κ3) is 5.23. The van der Waals surface area contributed by atoms with E-state index in [9.17, 15) is 22.2 Å². The Hall–Kier alpha value is -0.900. The summed E-state index contributed by atoms with van der Waals surface area (Å²) in [7, 11) is -1.03. The summed E-state index contributed by atoms with van der Waals surface area (Å²) in [5.74, 6) is 0.345. The lowest BCUT2D eigenvalue weighted by Crippen LogP contribution is -2.32. The fourth-order valence-electron chi connectivity index (χ4n) is 1.51. The SMILES string of the molecule is CC(CS(C)=O)Nc1cnn(CC(F)(F)F)c(=O)c1Br. The van der Waals surface area contributed by atoms with Crippen LogP contribution in [0, 0.1) is 0 Å². The van der Waals surface area contributed by atoms with Crippen LogP contribution >= 0.6 is 15.9 Å². The first-order valence-corrected chi connectivity index (χ1v) is 8.01. The molecule has 2 atom stereocenters. The van der Waals surface area contributed by atoms with Crippen molar-refractivity contribution in [2.75, 3.05) is 17.3 Å². The molecule has 1 rings (SSSR count). The molecule has 114 valence electrons. The van der Waals surface area contributed by atoms with E-state index in [1.807, 2.05) is 0 Å². The van der Waals surface area contributed by atoms with Crippen LogP contribution in [0.15, 0.2) is 15.5 Å². The number of hydrogen-bond acceptors (Lipinski definition) is 4. The molecule has 1 aromatic heterocycles. The third-order valence-electron chi connectivity index (χ3n) is 2.20. The van der Waals surface area contributed by atoms with Gasteiger partial charge < -0.3 is 5.32 Å². The Balaban J connectivity index is 2.95. The van der Waals surface area contributed by atoms with Gasteiger partial charge in [-0.2, -0.15) is 18.3 Å². The van der Waals surface area contributed by atoms with Crippen molar-refractivity contribution in [1.29, 1.82) is 0 Å². The van der Waals surface area contributed by atoms with Crippen LogP contribution in [0.1, 0.15) is 6.92 Å². The zero-order chi connectivity index (χ0) is 15.5. The molecule has 2 unspecified atom stereocenters. The predicted molar refractivity (Wildman–Crippen MR) is 74.3 cm³/mol. The van der Waals surface area contributed by atoms with Gasteiger partial charge in [-0.25, -0.2) is 4.68 Å². The summed E-state index contributed by atoms with van der Waals surface area (Å²) in [4.78, 5) is 11.7. The van der Waals surface area contributed by atoms with Crippen molar-refractivity contribution < 1.29 is 17.4 Å². The van der Waals surface area contributed by atoms with Crippen LogP contribution in [0.2, 0.25) is 0 Å². The molecule has 0 spiro atoms. The summed E-state index contributed by atoms with van der Waals surface area (Å²) in [6.45, 7) is 0.300. The number of halogens is 4. The number of aromatic nitrogens is 2. The molecule has 5 nitrogen and oxygen atoms in total. The normalized spacial score (nSPS) is 14.9. The van der Waals surface area contributed by atoms with E-state index in [0.29, 0.717) is 10.4 Å². The second-order valence-electron chi connectivity index (χ2n) is 4.24. The summed E-state index contributed by atoms with van der Waals surface area (Å²) >= 11 is 2.95. The largest absolute Gasteiger partial charge is 0.408 e. The van der Waals surface area contributed by atoms with Gasteiger partial charge in [0, 0.05) is 28.9 Å². The van der Waals surface area contributed by atoms with Crippen molar-refractivity contribution in [3.63, 3.8) is 0 Å². The number of hydrogen-bond donors (Lipinski definition) is 1. The fourth-order valence-corrected chi connectivity index (χ4v) is 2.72. The first kappa shape index (κ1) is 17.2. The fraction of sp³-hybridized carbons (Fsp3) is 0.600. The van der Waals surface area contributed by atoms with Crippen molar-refractivity contribution in [2.45, 2.75) is 25.7 Å². The average molecular weight is 376 g/mol. The van der Waals surface area contributed by atoms with E-state index in [2.05, 4.69) is 26.3 Å². The highest BCUT2D eigenvalue weighted by molar-refractivity contribution is 9.10. The minimum absolute atomic E-state index is 0.0366. The van der Waals surface area contributed by atoms with Crippen molar-refractivity contribution in [3.05, 3.63) is 21.0 Å². The maximum Gasteiger partial charge on any atom is 0.408 e. The molecule has 1 heterocycles.